The molecule has 2 saturated heterocycles. The van der Waals surface area contributed by atoms with Gasteiger partial charge in [-0.05, 0) is 40.0 Å². The van der Waals surface area contributed by atoms with Gasteiger partial charge in [-0.3, -0.25) is 14.4 Å². The van der Waals surface area contributed by atoms with Gasteiger partial charge in [0.1, 0.15) is 12.2 Å². The van der Waals surface area contributed by atoms with Gasteiger partial charge in [0.2, 0.25) is 0 Å². The van der Waals surface area contributed by atoms with Crippen molar-refractivity contribution >= 4 is 17.9 Å². The molecule has 2 fully saturated rings. The van der Waals surface area contributed by atoms with E-state index in [9.17, 15) is 24.6 Å². The lowest BCUT2D eigenvalue weighted by atomic mass is 10.0. The highest BCUT2D eigenvalue weighted by Crippen LogP contribution is 2.28. The fraction of sp³-hybridized carbons (Fsp3) is 0.903. The van der Waals surface area contributed by atoms with Crippen molar-refractivity contribution in [2.75, 3.05) is 13.2 Å². The van der Waals surface area contributed by atoms with Crippen molar-refractivity contribution in [3.05, 3.63) is 0 Å². The van der Waals surface area contributed by atoms with Gasteiger partial charge in [0.05, 0.1) is 30.3 Å². The Bertz CT molecular complexity index is 785. The molecule has 44 heavy (non-hydrogen) atoms. The first-order chi connectivity index (χ1) is 20.4. The Kier molecular flexibility index (Phi) is 24.5. The highest BCUT2D eigenvalue weighted by atomic mass is 16.7. The number of esters is 2. The van der Waals surface area contributed by atoms with E-state index in [4.69, 9.17) is 39.3 Å². The van der Waals surface area contributed by atoms with Gasteiger partial charge in [-0.25, -0.2) is 0 Å². The average molecular weight is 640 g/mol. The summed E-state index contributed by atoms with van der Waals surface area (Å²) in [5.41, 5.74) is 5.56. The lowest BCUT2D eigenvalue weighted by Crippen LogP contribution is -2.51. The summed E-state index contributed by atoms with van der Waals surface area (Å²) in [4.78, 5) is 35.9. The van der Waals surface area contributed by atoms with Gasteiger partial charge in [0.25, 0.3) is 0 Å². The third-order valence-corrected chi connectivity index (χ3v) is 6.82. The van der Waals surface area contributed by atoms with E-state index in [0.717, 1.165) is 0 Å². The number of nitrogens with two attached hydrogens (primary N) is 1. The van der Waals surface area contributed by atoms with Crippen LogP contribution in [-0.2, 0) is 42.8 Å². The molecule has 0 aromatic rings. The molecule has 13 heteroatoms. The van der Waals surface area contributed by atoms with E-state index in [1.165, 1.54) is 0 Å². The van der Waals surface area contributed by atoms with Gasteiger partial charge in [0.15, 0.2) is 18.7 Å². The Morgan fingerprint density at radius 1 is 0.864 bits per heavy atom. The maximum absolute atomic E-state index is 12.6. The monoisotopic (exact) mass is 639 g/mol. The van der Waals surface area contributed by atoms with Crippen LogP contribution >= 0.6 is 0 Å². The second kappa shape index (κ2) is 24.4. The van der Waals surface area contributed by atoms with E-state index in [1.54, 1.807) is 27.7 Å². The quantitative estimate of drug-likeness (QED) is 0.150. The van der Waals surface area contributed by atoms with E-state index >= 15 is 0 Å². The SMILES string of the molecule is C.CC.CC.CC(CN)C(=O)O[C@@H]1C[C@H](OC(=O)CCCCOC2OC(C)C(O)C[C@@H]2O)C(O[C@H](C)CCC(=O)O)OC1C. The van der Waals surface area contributed by atoms with Gasteiger partial charge in [0, 0.05) is 38.8 Å². The predicted molar refractivity (Wildman–Crippen MR) is 165 cm³/mol. The molecule has 0 aromatic carbocycles. The van der Waals surface area contributed by atoms with Crippen molar-refractivity contribution in [2.45, 2.75) is 163 Å². The highest BCUT2D eigenvalue weighted by molar-refractivity contribution is 5.72. The van der Waals surface area contributed by atoms with Crippen LogP contribution in [0.5, 0.6) is 0 Å². The zero-order valence-electron chi connectivity index (χ0n) is 27.2. The van der Waals surface area contributed by atoms with Crippen LogP contribution in [0.4, 0.5) is 0 Å². The minimum absolute atomic E-state index is 0. The molecule has 0 aromatic heterocycles. The van der Waals surface area contributed by atoms with Gasteiger partial charge in [-0.2, -0.15) is 0 Å². The molecule has 2 aliphatic rings. The number of unbranched alkanes of at least 4 members (excludes halogenated alkanes) is 1. The molecule has 5 N–H and O–H groups in total. The smallest absolute Gasteiger partial charge is 0.310 e. The second-order valence-electron chi connectivity index (χ2n) is 10.4. The molecule has 10 atom stereocenters. The summed E-state index contributed by atoms with van der Waals surface area (Å²) in [7, 11) is 0. The molecule has 2 aliphatic heterocycles. The topological polar surface area (TPSA) is 193 Å². The second-order valence-corrected chi connectivity index (χ2v) is 10.4. The molecule has 6 unspecified atom stereocenters. The molecule has 0 radical (unpaired) electrons. The third kappa shape index (κ3) is 16.4. The maximum Gasteiger partial charge on any atom is 0.310 e. The number of carboxylic acid groups (broad SMARTS) is 1. The molecule has 2 rings (SSSR count). The summed E-state index contributed by atoms with van der Waals surface area (Å²) >= 11 is 0. The van der Waals surface area contributed by atoms with Crippen molar-refractivity contribution in [1.29, 1.82) is 0 Å². The molecular formula is C31H61NO12. The number of rotatable bonds is 15. The van der Waals surface area contributed by atoms with Crippen molar-refractivity contribution < 1.29 is 58.1 Å². The number of hydrogen-bond donors (Lipinski definition) is 4. The normalized spacial score (nSPS) is 29.2. The summed E-state index contributed by atoms with van der Waals surface area (Å²) in [6, 6.07) is 0. The molecule has 2 heterocycles. The molecule has 0 saturated carbocycles. The van der Waals surface area contributed by atoms with Crippen LogP contribution in [0.3, 0.4) is 0 Å². The first kappa shape index (κ1) is 44.3. The van der Waals surface area contributed by atoms with Crippen molar-refractivity contribution in [3.8, 4) is 0 Å². The summed E-state index contributed by atoms with van der Waals surface area (Å²) in [5, 5.41) is 28.7. The Hall–Kier alpha value is -1.87. The summed E-state index contributed by atoms with van der Waals surface area (Å²) in [6.45, 7) is 15.1. The number of carbonyl (C=O) groups excluding carboxylic acids is 2. The van der Waals surface area contributed by atoms with E-state index < -0.39 is 79.1 Å². The number of aliphatic carboxylic acids is 1. The zero-order valence-corrected chi connectivity index (χ0v) is 27.2. The highest BCUT2D eigenvalue weighted by Gasteiger charge is 2.42. The van der Waals surface area contributed by atoms with Crippen LogP contribution in [0.2, 0.25) is 0 Å². The molecule has 0 bridgehead atoms. The maximum atomic E-state index is 12.6. The van der Waals surface area contributed by atoms with Gasteiger partial charge in [-0.1, -0.05) is 42.0 Å². The molecule has 0 spiro atoms. The van der Waals surface area contributed by atoms with E-state index in [-0.39, 0.29) is 52.7 Å². The van der Waals surface area contributed by atoms with Crippen molar-refractivity contribution in [1.82, 2.24) is 0 Å². The van der Waals surface area contributed by atoms with Gasteiger partial charge < -0.3 is 49.5 Å². The van der Waals surface area contributed by atoms with Crippen LogP contribution in [0.25, 0.3) is 0 Å². The number of aliphatic hydroxyl groups excluding tert-OH is 2. The number of aliphatic hydroxyl groups is 2. The van der Waals surface area contributed by atoms with Crippen LogP contribution in [-0.4, -0.2) is 102 Å². The van der Waals surface area contributed by atoms with E-state index in [2.05, 4.69) is 0 Å². The molecule has 262 valence electrons. The molecular weight excluding hydrogens is 578 g/mol. The lowest BCUT2D eigenvalue weighted by Gasteiger charge is -2.40. The standard InChI is InChI=1S/C26H45NO12.2C2H6.CH4/c1-14(13-27)24(33)39-20-12-21(26(37-17(20)4)35-15(2)8-9-22(30)31)38-23(32)7-5-6-10-34-25-19(29)11-18(28)16(3)36-25;2*1-2;/h14-21,25-26,28-29H,5-13,27H2,1-4H3,(H,30,31);2*1-2H3;1H4/t14?,15-,16?,17?,18?,19+,20-,21+,25?,26?;;;/m1.../s1. The van der Waals surface area contributed by atoms with E-state index in [1.807, 2.05) is 27.7 Å². The molecule has 13 nitrogen and oxygen atoms in total. The van der Waals surface area contributed by atoms with Crippen LogP contribution in [0, 0.1) is 5.92 Å². The van der Waals surface area contributed by atoms with Crippen molar-refractivity contribution in [2.24, 2.45) is 11.7 Å². The van der Waals surface area contributed by atoms with E-state index in [0.29, 0.717) is 12.8 Å². The molecule has 0 aliphatic carbocycles. The lowest BCUT2D eigenvalue weighted by molar-refractivity contribution is -0.280. The third-order valence-electron chi connectivity index (χ3n) is 6.82. The summed E-state index contributed by atoms with van der Waals surface area (Å²) in [6.07, 6.45) is -5.02. The van der Waals surface area contributed by atoms with Crippen LogP contribution in [0.1, 0.15) is 108 Å². The van der Waals surface area contributed by atoms with Crippen LogP contribution < -0.4 is 5.73 Å². The number of carbonyl (C=O) groups is 3. The fourth-order valence-electron chi connectivity index (χ4n) is 4.16. The first-order valence-corrected chi connectivity index (χ1v) is 15.7. The average Bonchev–Trinajstić information content (AvgIpc) is 2.98. The van der Waals surface area contributed by atoms with Gasteiger partial charge in [-0.15, -0.1) is 0 Å². The fourth-order valence-corrected chi connectivity index (χ4v) is 4.16. The minimum atomic E-state index is -0.958. The minimum Gasteiger partial charge on any atom is -0.481 e. The Balaban J connectivity index is 0. The van der Waals surface area contributed by atoms with Crippen molar-refractivity contribution in [3.63, 3.8) is 0 Å². The number of hydrogen-bond acceptors (Lipinski definition) is 12. The first-order valence-electron chi connectivity index (χ1n) is 15.7. The summed E-state index contributed by atoms with van der Waals surface area (Å²) in [5.74, 6) is -2.43. The number of ether oxygens (including phenoxy) is 6. The Morgan fingerprint density at radius 2 is 1.48 bits per heavy atom. The zero-order chi connectivity index (χ0) is 33.1. The molecule has 0 amide bonds. The predicted octanol–water partition coefficient (Wildman–Crippen LogP) is 3.54. The summed E-state index contributed by atoms with van der Waals surface area (Å²) < 4.78 is 34.0. The van der Waals surface area contributed by atoms with Gasteiger partial charge >= 0.3 is 17.9 Å². The number of carboxylic acids is 1. The van der Waals surface area contributed by atoms with Crippen LogP contribution in [0.15, 0.2) is 0 Å². The Labute approximate surface area is 264 Å². The Morgan fingerprint density at radius 3 is 2.07 bits per heavy atom. The largest absolute Gasteiger partial charge is 0.481 e.